The van der Waals surface area contributed by atoms with E-state index >= 15 is 0 Å². The molecule has 7 aliphatic rings. The number of rotatable bonds is 5. The van der Waals surface area contributed by atoms with Gasteiger partial charge in [-0.25, -0.2) is 0 Å². The molecule has 2 bridgehead atoms. The van der Waals surface area contributed by atoms with E-state index < -0.39 is 0 Å². The van der Waals surface area contributed by atoms with Crippen LogP contribution in [-0.4, -0.2) is 25.9 Å². The van der Waals surface area contributed by atoms with E-state index in [2.05, 4.69) is 61.5 Å². The van der Waals surface area contributed by atoms with Crippen molar-refractivity contribution >= 4 is 0 Å². The van der Waals surface area contributed by atoms with Crippen molar-refractivity contribution in [2.45, 2.75) is 132 Å². The van der Waals surface area contributed by atoms with E-state index in [9.17, 15) is 0 Å². The van der Waals surface area contributed by atoms with Crippen molar-refractivity contribution in [1.29, 1.82) is 0 Å². The molecule has 204 valence electrons. The summed E-state index contributed by atoms with van der Waals surface area (Å²) in [7, 11) is 1.95. The van der Waals surface area contributed by atoms with E-state index in [4.69, 9.17) is 9.47 Å². The zero-order valence-corrected chi connectivity index (χ0v) is 25.1. The molecule has 2 nitrogen and oxygen atoms in total. The lowest BCUT2D eigenvalue weighted by molar-refractivity contribution is -0.150. The fourth-order valence-electron chi connectivity index (χ4n) is 12.3. The van der Waals surface area contributed by atoms with Crippen LogP contribution in [0.1, 0.15) is 120 Å². The zero-order chi connectivity index (χ0) is 25.9. The highest BCUT2D eigenvalue weighted by Crippen LogP contribution is 2.88. The first-order valence-electron chi connectivity index (χ1n) is 15.7. The fraction of sp³-hybridized carbons (Fsp3) is 0.941. The van der Waals surface area contributed by atoms with Gasteiger partial charge in [-0.1, -0.05) is 60.1 Å². The third-order valence-corrected chi connectivity index (χ3v) is 14.9. The maximum Gasteiger partial charge on any atom is 0.0892 e. The first-order valence-corrected chi connectivity index (χ1v) is 15.7. The third-order valence-electron chi connectivity index (χ3n) is 14.9. The van der Waals surface area contributed by atoms with Crippen LogP contribution >= 0.6 is 0 Å². The van der Waals surface area contributed by atoms with Gasteiger partial charge in [-0.3, -0.25) is 0 Å². The Morgan fingerprint density at radius 1 is 0.972 bits per heavy atom. The minimum Gasteiger partial charge on any atom is -0.379 e. The van der Waals surface area contributed by atoms with Gasteiger partial charge in [0.15, 0.2) is 0 Å². The first kappa shape index (κ1) is 25.9. The molecule has 2 heteroatoms. The van der Waals surface area contributed by atoms with Gasteiger partial charge in [-0.15, -0.1) is 0 Å². The second-order valence-electron chi connectivity index (χ2n) is 16.2. The smallest absolute Gasteiger partial charge is 0.0892 e. The van der Waals surface area contributed by atoms with Crippen LogP contribution in [0.3, 0.4) is 0 Å². The van der Waals surface area contributed by atoms with Crippen LogP contribution in [-0.2, 0) is 9.47 Å². The number of hydrogen-bond donors (Lipinski definition) is 0. The summed E-state index contributed by atoms with van der Waals surface area (Å²) in [6, 6.07) is 0. The number of fused-ring (bicyclic) bond motifs is 6. The van der Waals surface area contributed by atoms with E-state index in [0.717, 1.165) is 30.3 Å². The average Bonchev–Trinajstić information content (AvgIpc) is 3.52. The molecule has 0 N–H and O–H groups in total. The monoisotopic (exact) mass is 496 g/mol. The van der Waals surface area contributed by atoms with Gasteiger partial charge in [0.1, 0.15) is 0 Å². The summed E-state index contributed by atoms with van der Waals surface area (Å²) in [5, 5.41) is 0. The maximum atomic E-state index is 6.59. The van der Waals surface area contributed by atoms with Gasteiger partial charge in [0.05, 0.1) is 12.2 Å². The molecule has 0 aliphatic heterocycles. The molecule has 2 spiro atoms. The van der Waals surface area contributed by atoms with Crippen LogP contribution in [0.2, 0.25) is 0 Å². The summed E-state index contributed by atoms with van der Waals surface area (Å²) in [6.07, 6.45) is 17.1. The van der Waals surface area contributed by atoms with E-state index in [1.54, 1.807) is 0 Å². The molecule has 0 amide bonds. The SMILES string of the molecule is CCOC1[C@H](OC)CC23CC[C@@]1(C)C1CCC4C(=CC[C@@]5(C)C[C@@](C)([C@H](C)C(C)C)CCC45C)C12C3. The molecule has 7 rings (SSSR count). The Kier molecular flexibility index (Phi) is 5.66. The second-order valence-corrected chi connectivity index (χ2v) is 16.2. The molecule has 0 aromatic rings. The maximum absolute atomic E-state index is 6.59. The largest absolute Gasteiger partial charge is 0.379 e. The lowest BCUT2D eigenvalue weighted by Crippen LogP contribution is -2.58. The topological polar surface area (TPSA) is 18.5 Å². The van der Waals surface area contributed by atoms with Crippen molar-refractivity contribution in [3.63, 3.8) is 0 Å². The molecule has 6 unspecified atom stereocenters. The molecule has 0 aromatic carbocycles. The Labute approximate surface area is 222 Å². The lowest BCUT2D eigenvalue weighted by atomic mass is 9.38. The summed E-state index contributed by atoms with van der Waals surface area (Å²) in [5.74, 6) is 3.14. The third kappa shape index (κ3) is 2.93. The molecule has 6 saturated carbocycles. The Morgan fingerprint density at radius 2 is 1.72 bits per heavy atom. The molecule has 7 aliphatic carbocycles. The van der Waals surface area contributed by atoms with E-state index in [-0.39, 0.29) is 17.6 Å². The average molecular weight is 497 g/mol. The minimum atomic E-state index is 0.248. The number of ether oxygens (including phenoxy) is 2. The molecule has 6 fully saturated rings. The van der Waals surface area contributed by atoms with Crippen LogP contribution in [0, 0.1) is 56.2 Å². The van der Waals surface area contributed by atoms with Crippen molar-refractivity contribution in [2.75, 3.05) is 13.7 Å². The molecule has 0 heterocycles. The standard InChI is InChI=1S/C34H56O2/c1-10-36-28-26(35-9)19-33-18-16-31(28,7)27-12-11-24-25(34(27,33)21-33)13-14-30(6)20-29(5,23(4)22(2)3)15-17-32(24,30)8/h13,22-24,26-28H,10-12,14-21H2,1-9H3/t23-,24?,26-,27?,28?,29+,30+,31+,32?,33?,34?/m1/s1. The van der Waals surface area contributed by atoms with Crippen molar-refractivity contribution < 1.29 is 9.47 Å². The van der Waals surface area contributed by atoms with Crippen LogP contribution in [0.4, 0.5) is 0 Å². The molecular formula is C34H56O2. The quantitative estimate of drug-likeness (QED) is 0.354. The Bertz CT molecular complexity index is 937. The van der Waals surface area contributed by atoms with Crippen molar-refractivity contribution in [1.82, 2.24) is 0 Å². The first-order chi connectivity index (χ1) is 16.9. The summed E-state index contributed by atoms with van der Waals surface area (Å²) >= 11 is 0. The van der Waals surface area contributed by atoms with Crippen LogP contribution < -0.4 is 0 Å². The van der Waals surface area contributed by atoms with Gasteiger partial charge >= 0.3 is 0 Å². The summed E-state index contributed by atoms with van der Waals surface area (Å²) in [4.78, 5) is 0. The Balaban J connectivity index is 1.40. The molecule has 0 aromatic heterocycles. The van der Waals surface area contributed by atoms with Crippen molar-refractivity contribution in [3.05, 3.63) is 11.6 Å². The number of allylic oxidation sites excluding steroid dienone is 2. The van der Waals surface area contributed by atoms with E-state index in [0.29, 0.717) is 27.1 Å². The van der Waals surface area contributed by atoms with Crippen LogP contribution in [0.25, 0.3) is 0 Å². The molecule has 0 radical (unpaired) electrons. The number of hydrogen-bond acceptors (Lipinski definition) is 2. The summed E-state index contributed by atoms with van der Waals surface area (Å²) in [6.45, 7) is 21.1. The highest BCUT2D eigenvalue weighted by molar-refractivity contribution is 5.44. The van der Waals surface area contributed by atoms with E-state index in [1.807, 2.05) is 12.7 Å². The van der Waals surface area contributed by atoms with Gasteiger partial charge < -0.3 is 9.47 Å². The summed E-state index contributed by atoms with van der Waals surface area (Å²) < 4.78 is 12.8. The second kappa shape index (κ2) is 7.87. The molecular weight excluding hydrogens is 440 g/mol. The zero-order valence-electron chi connectivity index (χ0n) is 25.1. The van der Waals surface area contributed by atoms with Crippen molar-refractivity contribution in [2.24, 2.45) is 56.2 Å². The van der Waals surface area contributed by atoms with Gasteiger partial charge in [0.2, 0.25) is 0 Å². The fourth-order valence-corrected chi connectivity index (χ4v) is 12.3. The van der Waals surface area contributed by atoms with Crippen LogP contribution in [0.15, 0.2) is 11.6 Å². The normalized spacial score (nSPS) is 56.1. The van der Waals surface area contributed by atoms with Gasteiger partial charge in [0, 0.05) is 24.5 Å². The highest BCUT2D eigenvalue weighted by atomic mass is 16.5. The highest BCUT2D eigenvalue weighted by Gasteiger charge is 2.82. The predicted molar refractivity (Wildman–Crippen MR) is 149 cm³/mol. The van der Waals surface area contributed by atoms with Gasteiger partial charge in [-0.2, -0.15) is 0 Å². The predicted octanol–water partition coefficient (Wildman–Crippen LogP) is 8.84. The minimum absolute atomic E-state index is 0.248. The number of methoxy groups -OCH3 is 1. The van der Waals surface area contributed by atoms with E-state index in [1.165, 1.54) is 64.2 Å². The summed E-state index contributed by atoms with van der Waals surface area (Å²) in [5.41, 5.74) is 4.48. The lowest BCUT2D eigenvalue weighted by Gasteiger charge is -2.66. The Morgan fingerprint density at radius 3 is 2.39 bits per heavy atom. The van der Waals surface area contributed by atoms with Crippen LogP contribution in [0.5, 0.6) is 0 Å². The van der Waals surface area contributed by atoms with Gasteiger partial charge in [-0.05, 0) is 116 Å². The molecule has 36 heavy (non-hydrogen) atoms. The molecule has 11 atom stereocenters. The van der Waals surface area contributed by atoms with Crippen molar-refractivity contribution in [3.8, 4) is 0 Å². The van der Waals surface area contributed by atoms with Gasteiger partial charge in [0.25, 0.3) is 0 Å². The Hall–Kier alpha value is -0.340. The molecule has 0 saturated heterocycles.